The zero-order valence-corrected chi connectivity index (χ0v) is 10.3. The molecule has 0 radical (unpaired) electrons. The van der Waals surface area contributed by atoms with Gasteiger partial charge in [-0.3, -0.25) is 0 Å². The predicted octanol–water partition coefficient (Wildman–Crippen LogP) is 2.93. The number of unbranched alkanes of at least 4 members (excludes halogenated alkanes) is 3. The van der Waals surface area contributed by atoms with Crippen LogP contribution in [0.5, 0.6) is 0 Å². The lowest BCUT2D eigenvalue weighted by Gasteiger charge is -2.12. The summed E-state index contributed by atoms with van der Waals surface area (Å²) in [7, 11) is 0. The van der Waals surface area contributed by atoms with E-state index in [1.165, 1.54) is 0 Å². The first-order valence-electron chi connectivity index (χ1n) is 6.00. The summed E-state index contributed by atoms with van der Waals surface area (Å²) in [6.45, 7) is 7.13. The standard InChI is InChI=1S/C12H24O3/c1-4-6-8-10-15-12(13)11(3)14-9-7-5-2/h11H,4-10H2,1-3H3. The molecule has 0 saturated heterocycles. The van der Waals surface area contributed by atoms with Gasteiger partial charge in [0.25, 0.3) is 0 Å². The highest BCUT2D eigenvalue weighted by molar-refractivity contribution is 5.74. The quantitative estimate of drug-likeness (QED) is 0.439. The molecule has 0 spiro atoms. The summed E-state index contributed by atoms with van der Waals surface area (Å²) >= 11 is 0. The van der Waals surface area contributed by atoms with Crippen LogP contribution in [0.3, 0.4) is 0 Å². The number of hydrogen-bond donors (Lipinski definition) is 0. The number of carbonyl (C=O) groups is 1. The van der Waals surface area contributed by atoms with Gasteiger partial charge in [0, 0.05) is 6.61 Å². The van der Waals surface area contributed by atoms with Crippen LogP contribution in [-0.4, -0.2) is 25.3 Å². The van der Waals surface area contributed by atoms with Gasteiger partial charge in [0.1, 0.15) is 0 Å². The van der Waals surface area contributed by atoms with Crippen LogP contribution in [0.1, 0.15) is 52.9 Å². The molecule has 90 valence electrons. The lowest BCUT2D eigenvalue weighted by atomic mass is 10.3. The van der Waals surface area contributed by atoms with E-state index in [9.17, 15) is 4.79 Å². The minimum absolute atomic E-state index is 0.234. The molecule has 0 aromatic carbocycles. The molecule has 15 heavy (non-hydrogen) atoms. The summed E-state index contributed by atoms with van der Waals surface area (Å²) in [5.41, 5.74) is 0. The molecular formula is C12H24O3. The molecule has 0 amide bonds. The van der Waals surface area contributed by atoms with Gasteiger partial charge in [-0.25, -0.2) is 4.79 Å². The molecule has 0 bridgehead atoms. The highest BCUT2D eigenvalue weighted by Crippen LogP contribution is 2.00. The van der Waals surface area contributed by atoms with Crippen molar-refractivity contribution in [1.29, 1.82) is 0 Å². The minimum Gasteiger partial charge on any atom is -0.464 e. The Morgan fingerprint density at radius 3 is 2.33 bits per heavy atom. The van der Waals surface area contributed by atoms with E-state index < -0.39 is 6.10 Å². The molecule has 0 aliphatic rings. The fourth-order valence-corrected chi connectivity index (χ4v) is 1.11. The zero-order chi connectivity index (χ0) is 11.5. The zero-order valence-electron chi connectivity index (χ0n) is 10.3. The second-order valence-electron chi connectivity index (χ2n) is 3.74. The van der Waals surface area contributed by atoms with E-state index in [0.29, 0.717) is 13.2 Å². The number of ether oxygens (including phenoxy) is 2. The molecule has 3 heteroatoms. The maximum Gasteiger partial charge on any atom is 0.334 e. The van der Waals surface area contributed by atoms with E-state index in [1.54, 1.807) is 6.92 Å². The summed E-state index contributed by atoms with van der Waals surface area (Å²) in [4.78, 5) is 11.4. The van der Waals surface area contributed by atoms with Gasteiger partial charge in [-0.1, -0.05) is 33.1 Å². The Balaban J connectivity index is 3.42. The van der Waals surface area contributed by atoms with Gasteiger partial charge in [0.2, 0.25) is 0 Å². The van der Waals surface area contributed by atoms with Gasteiger partial charge in [-0.2, -0.15) is 0 Å². The largest absolute Gasteiger partial charge is 0.464 e. The van der Waals surface area contributed by atoms with E-state index >= 15 is 0 Å². The number of hydrogen-bond acceptors (Lipinski definition) is 3. The maximum absolute atomic E-state index is 11.4. The average Bonchev–Trinajstić information content (AvgIpc) is 2.24. The van der Waals surface area contributed by atoms with Gasteiger partial charge in [0.15, 0.2) is 6.10 Å². The van der Waals surface area contributed by atoms with E-state index in [4.69, 9.17) is 9.47 Å². The normalized spacial score (nSPS) is 12.5. The second kappa shape index (κ2) is 9.97. The fourth-order valence-electron chi connectivity index (χ4n) is 1.11. The average molecular weight is 216 g/mol. The van der Waals surface area contributed by atoms with Crippen molar-refractivity contribution < 1.29 is 14.3 Å². The third kappa shape index (κ3) is 8.43. The Hall–Kier alpha value is -0.570. The highest BCUT2D eigenvalue weighted by atomic mass is 16.6. The van der Waals surface area contributed by atoms with Crippen LogP contribution in [0.4, 0.5) is 0 Å². The van der Waals surface area contributed by atoms with Crippen LogP contribution < -0.4 is 0 Å². The first-order chi connectivity index (χ1) is 7.22. The van der Waals surface area contributed by atoms with Crippen molar-refractivity contribution in [2.24, 2.45) is 0 Å². The molecular weight excluding hydrogens is 192 g/mol. The molecule has 0 aromatic heterocycles. The number of esters is 1. The van der Waals surface area contributed by atoms with Gasteiger partial charge in [-0.15, -0.1) is 0 Å². The molecule has 0 heterocycles. The van der Waals surface area contributed by atoms with Gasteiger partial charge in [0.05, 0.1) is 6.61 Å². The Labute approximate surface area is 93.1 Å². The monoisotopic (exact) mass is 216 g/mol. The fraction of sp³-hybridized carbons (Fsp3) is 0.917. The Morgan fingerprint density at radius 1 is 1.07 bits per heavy atom. The van der Waals surface area contributed by atoms with E-state index in [-0.39, 0.29) is 5.97 Å². The summed E-state index contributed by atoms with van der Waals surface area (Å²) < 4.78 is 10.4. The summed E-state index contributed by atoms with van der Waals surface area (Å²) in [5.74, 6) is -0.234. The summed E-state index contributed by atoms with van der Waals surface area (Å²) in [5, 5.41) is 0. The van der Waals surface area contributed by atoms with Crippen molar-refractivity contribution >= 4 is 5.97 Å². The predicted molar refractivity (Wildman–Crippen MR) is 60.8 cm³/mol. The minimum atomic E-state index is -0.418. The van der Waals surface area contributed by atoms with E-state index in [1.807, 2.05) is 0 Å². The highest BCUT2D eigenvalue weighted by Gasteiger charge is 2.13. The van der Waals surface area contributed by atoms with Crippen LogP contribution in [0.25, 0.3) is 0 Å². The molecule has 1 unspecified atom stereocenters. The topological polar surface area (TPSA) is 35.5 Å². The van der Waals surface area contributed by atoms with Crippen molar-refractivity contribution in [2.75, 3.05) is 13.2 Å². The lowest BCUT2D eigenvalue weighted by Crippen LogP contribution is -2.24. The maximum atomic E-state index is 11.4. The molecule has 0 fully saturated rings. The molecule has 1 atom stereocenters. The second-order valence-corrected chi connectivity index (χ2v) is 3.74. The van der Waals surface area contributed by atoms with Crippen molar-refractivity contribution in [3.05, 3.63) is 0 Å². The van der Waals surface area contributed by atoms with Crippen LogP contribution in [0, 0.1) is 0 Å². The van der Waals surface area contributed by atoms with Gasteiger partial charge < -0.3 is 9.47 Å². The molecule has 0 rings (SSSR count). The summed E-state index contributed by atoms with van der Waals surface area (Å²) in [6.07, 6.45) is 4.85. The summed E-state index contributed by atoms with van der Waals surface area (Å²) in [6, 6.07) is 0. The first-order valence-corrected chi connectivity index (χ1v) is 6.00. The van der Waals surface area contributed by atoms with Crippen molar-refractivity contribution in [2.45, 2.75) is 59.0 Å². The Kier molecular flexibility index (Phi) is 9.59. The SMILES string of the molecule is CCCCCOC(=O)C(C)OCCCC. The van der Waals surface area contributed by atoms with Crippen LogP contribution in [-0.2, 0) is 14.3 Å². The molecule has 0 saturated carbocycles. The molecule has 0 aliphatic carbocycles. The van der Waals surface area contributed by atoms with Gasteiger partial charge in [-0.05, 0) is 19.8 Å². The van der Waals surface area contributed by atoms with Crippen molar-refractivity contribution in [3.63, 3.8) is 0 Å². The third-order valence-corrected chi connectivity index (χ3v) is 2.19. The van der Waals surface area contributed by atoms with Crippen LogP contribution >= 0.6 is 0 Å². The molecule has 0 aliphatic heterocycles. The lowest BCUT2D eigenvalue weighted by molar-refractivity contribution is -0.156. The van der Waals surface area contributed by atoms with Crippen LogP contribution in [0.15, 0.2) is 0 Å². The molecule has 0 aromatic rings. The molecule has 0 N–H and O–H groups in total. The Bertz CT molecular complexity index is 157. The smallest absolute Gasteiger partial charge is 0.334 e. The Morgan fingerprint density at radius 2 is 1.73 bits per heavy atom. The first kappa shape index (κ1) is 14.4. The van der Waals surface area contributed by atoms with Gasteiger partial charge >= 0.3 is 5.97 Å². The molecule has 3 nitrogen and oxygen atoms in total. The van der Waals surface area contributed by atoms with Crippen molar-refractivity contribution in [1.82, 2.24) is 0 Å². The van der Waals surface area contributed by atoms with E-state index in [0.717, 1.165) is 32.1 Å². The van der Waals surface area contributed by atoms with Crippen molar-refractivity contribution in [3.8, 4) is 0 Å². The van der Waals surface area contributed by atoms with E-state index in [2.05, 4.69) is 13.8 Å². The number of carbonyl (C=O) groups excluding carboxylic acids is 1. The third-order valence-electron chi connectivity index (χ3n) is 2.19. The number of rotatable bonds is 9. The van der Waals surface area contributed by atoms with Crippen LogP contribution in [0.2, 0.25) is 0 Å².